The van der Waals surface area contributed by atoms with Gasteiger partial charge in [-0.15, -0.1) is 0 Å². The number of ether oxygens (including phenoxy) is 1. The minimum atomic E-state index is -3.78. The zero-order chi connectivity index (χ0) is 14.8. The van der Waals surface area contributed by atoms with Crippen molar-refractivity contribution in [3.05, 3.63) is 51.4 Å². The smallest absolute Gasteiger partial charge is 0.263 e. The first-order valence-electron chi connectivity index (χ1n) is 5.47. The molecule has 0 unspecified atom stereocenters. The van der Waals surface area contributed by atoms with Gasteiger partial charge < -0.3 is 9.72 Å². The molecule has 0 aliphatic heterocycles. The number of nitrogens with one attached hydrogen (secondary N) is 2. The lowest BCUT2D eigenvalue weighted by molar-refractivity contribution is 0.415. The molecule has 0 saturated carbocycles. The average Bonchev–Trinajstić information content (AvgIpc) is 2.41. The molecule has 20 heavy (non-hydrogen) atoms. The molecule has 8 heteroatoms. The van der Waals surface area contributed by atoms with Gasteiger partial charge in [0.15, 0.2) is 0 Å². The molecule has 1 aromatic heterocycles. The minimum absolute atomic E-state index is 0.0354. The number of pyridine rings is 1. The highest BCUT2D eigenvalue weighted by atomic mass is 79.9. The van der Waals surface area contributed by atoms with Crippen molar-refractivity contribution in [2.75, 3.05) is 11.8 Å². The van der Waals surface area contributed by atoms with Crippen LogP contribution in [0.5, 0.6) is 5.75 Å². The lowest BCUT2D eigenvalue weighted by Gasteiger charge is -2.10. The summed E-state index contributed by atoms with van der Waals surface area (Å²) in [7, 11) is -2.29. The maximum absolute atomic E-state index is 12.2. The van der Waals surface area contributed by atoms with E-state index in [2.05, 4.69) is 25.6 Å². The molecular weight excluding hydrogens is 348 g/mol. The molecule has 6 nitrogen and oxygen atoms in total. The summed E-state index contributed by atoms with van der Waals surface area (Å²) in [4.78, 5) is 13.2. The van der Waals surface area contributed by atoms with Crippen molar-refractivity contribution >= 4 is 31.6 Å². The molecule has 2 rings (SSSR count). The summed E-state index contributed by atoms with van der Waals surface area (Å²) in [5.74, 6) is 0.521. The molecule has 0 amide bonds. The number of halogens is 1. The number of methoxy groups -OCH3 is 1. The van der Waals surface area contributed by atoms with Crippen LogP contribution in [0.2, 0.25) is 0 Å². The topological polar surface area (TPSA) is 88.3 Å². The van der Waals surface area contributed by atoms with Crippen molar-refractivity contribution in [1.82, 2.24) is 4.98 Å². The van der Waals surface area contributed by atoms with Crippen LogP contribution in [0.3, 0.4) is 0 Å². The second kappa shape index (κ2) is 5.68. The molecule has 0 saturated heterocycles. The average molecular weight is 359 g/mol. The van der Waals surface area contributed by atoms with Gasteiger partial charge in [-0.25, -0.2) is 8.42 Å². The van der Waals surface area contributed by atoms with E-state index in [1.807, 2.05) is 0 Å². The summed E-state index contributed by atoms with van der Waals surface area (Å²) < 4.78 is 32.4. The predicted molar refractivity (Wildman–Crippen MR) is 78.6 cm³/mol. The third-order valence-electron chi connectivity index (χ3n) is 2.48. The van der Waals surface area contributed by atoms with Crippen LogP contribution in [-0.2, 0) is 10.0 Å². The van der Waals surface area contributed by atoms with E-state index in [-0.39, 0.29) is 10.5 Å². The number of sulfonamides is 1. The van der Waals surface area contributed by atoms with Crippen LogP contribution < -0.4 is 15.0 Å². The molecule has 2 N–H and O–H groups in total. The second-order valence-electron chi connectivity index (χ2n) is 3.84. The van der Waals surface area contributed by atoms with Crippen molar-refractivity contribution in [2.45, 2.75) is 4.90 Å². The summed E-state index contributed by atoms with van der Waals surface area (Å²) in [6.45, 7) is 0. The molecule has 0 aliphatic rings. The van der Waals surface area contributed by atoms with Gasteiger partial charge >= 0.3 is 0 Å². The number of aromatic amines is 1. The maximum atomic E-state index is 12.2. The maximum Gasteiger partial charge on any atom is 0.263 e. The van der Waals surface area contributed by atoms with Crippen molar-refractivity contribution in [3.8, 4) is 5.75 Å². The normalized spacial score (nSPS) is 11.1. The molecule has 0 aliphatic carbocycles. The van der Waals surface area contributed by atoms with E-state index in [0.29, 0.717) is 15.9 Å². The molecule has 2 aromatic rings. The van der Waals surface area contributed by atoms with Gasteiger partial charge in [-0.2, -0.15) is 0 Å². The number of hydrogen-bond donors (Lipinski definition) is 2. The molecule has 0 spiro atoms. The molecule has 0 bridgehead atoms. The number of H-pyrrole nitrogens is 1. The van der Waals surface area contributed by atoms with Crippen LogP contribution in [0.1, 0.15) is 0 Å². The van der Waals surface area contributed by atoms with Crippen molar-refractivity contribution in [2.24, 2.45) is 0 Å². The number of aromatic nitrogens is 1. The van der Waals surface area contributed by atoms with Crippen molar-refractivity contribution in [1.29, 1.82) is 0 Å². The van der Waals surface area contributed by atoms with Crippen LogP contribution in [-0.4, -0.2) is 20.5 Å². The summed E-state index contributed by atoms with van der Waals surface area (Å²) >= 11 is 3.26. The van der Waals surface area contributed by atoms with E-state index in [4.69, 9.17) is 4.74 Å². The fourth-order valence-corrected chi connectivity index (χ4v) is 2.99. The SMILES string of the molecule is COc1ccc(Br)c(NS(=O)(=O)c2ccc(=O)[nH]c2)c1. The van der Waals surface area contributed by atoms with Gasteiger partial charge in [-0.1, -0.05) is 0 Å². The molecule has 0 atom stereocenters. The zero-order valence-electron chi connectivity index (χ0n) is 10.4. The standard InChI is InChI=1S/C12H11BrN2O4S/c1-19-8-2-4-10(13)11(6-8)15-20(17,18)9-3-5-12(16)14-7-9/h2-7,15H,1H3,(H,14,16). The molecule has 1 heterocycles. The third-order valence-corrected chi connectivity index (χ3v) is 4.54. The Hall–Kier alpha value is -1.80. The largest absolute Gasteiger partial charge is 0.497 e. The molecule has 106 valence electrons. The van der Waals surface area contributed by atoms with Gasteiger partial charge in [-0.05, 0) is 34.1 Å². The van der Waals surface area contributed by atoms with Crippen LogP contribution in [0.15, 0.2) is 50.7 Å². The van der Waals surface area contributed by atoms with E-state index in [0.717, 1.165) is 12.3 Å². The van der Waals surface area contributed by atoms with E-state index in [1.54, 1.807) is 18.2 Å². The van der Waals surface area contributed by atoms with E-state index in [9.17, 15) is 13.2 Å². The van der Waals surface area contributed by atoms with Gasteiger partial charge in [0.25, 0.3) is 10.0 Å². The second-order valence-corrected chi connectivity index (χ2v) is 6.38. The number of rotatable bonds is 4. The fraction of sp³-hybridized carbons (Fsp3) is 0.0833. The monoisotopic (exact) mass is 358 g/mol. The minimum Gasteiger partial charge on any atom is -0.497 e. The lowest BCUT2D eigenvalue weighted by atomic mass is 10.3. The van der Waals surface area contributed by atoms with Crippen LogP contribution in [0.4, 0.5) is 5.69 Å². The molecule has 0 fully saturated rings. The summed E-state index contributed by atoms with van der Waals surface area (Å²) in [6.07, 6.45) is 1.14. The van der Waals surface area contributed by atoms with E-state index in [1.165, 1.54) is 13.2 Å². The molecule has 0 radical (unpaired) electrons. The Morgan fingerprint density at radius 1 is 1.25 bits per heavy atom. The highest BCUT2D eigenvalue weighted by molar-refractivity contribution is 9.10. The van der Waals surface area contributed by atoms with Crippen LogP contribution in [0.25, 0.3) is 0 Å². The third kappa shape index (κ3) is 3.20. The quantitative estimate of drug-likeness (QED) is 0.873. The van der Waals surface area contributed by atoms with E-state index >= 15 is 0 Å². The zero-order valence-corrected chi connectivity index (χ0v) is 12.8. The first-order chi connectivity index (χ1) is 9.42. The summed E-state index contributed by atoms with van der Waals surface area (Å²) in [5.41, 5.74) is -0.0259. The van der Waals surface area contributed by atoms with Gasteiger partial charge in [0.2, 0.25) is 5.56 Å². The Morgan fingerprint density at radius 2 is 2.00 bits per heavy atom. The first-order valence-corrected chi connectivity index (χ1v) is 7.75. The van der Waals surface area contributed by atoms with Crippen molar-refractivity contribution < 1.29 is 13.2 Å². The number of hydrogen-bond acceptors (Lipinski definition) is 4. The Bertz CT molecular complexity index is 766. The summed E-state index contributed by atoms with van der Waals surface area (Å²) in [6, 6.07) is 7.29. The van der Waals surface area contributed by atoms with E-state index < -0.39 is 10.0 Å². The Morgan fingerprint density at radius 3 is 2.60 bits per heavy atom. The Balaban J connectivity index is 2.37. The lowest BCUT2D eigenvalue weighted by Crippen LogP contribution is -2.15. The van der Waals surface area contributed by atoms with Crippen LogP contribution >= 0.6 is 15.9 Å². The molecular formula is C12H11BrN2O4S. The summed E-state index contributed by atoms with van der Waals surface area (Å²) in [5, 5.41) is 0. The molecule has 1 aromatic carbocycles. The number of anilines is 1. The first kappa shape index (κ1) is 14.6. The highest BCUT2D eigenvalue weighted by Gasteiger charge is 2.16. The Kier molecular flexibility index (Phi) is 4.15. The Labute approximate surface area is 124 Å². The van der Waals surface area contributed by atoms with Gasteiger partial charge in [0, 0.05) is 22.8 Å². The van der Waals surface area contributed by atoms with Crippen molar-refractivity contribution in [3.63, 3.8) is 0 Å². The fourth-order valence-electron chi connectivity index (χ4n) is 1.48. The number of benzene rings is 1. The van der Waals surface area contributed by atoms with Gasteiger partial charge in [0.05, 0.1) is 12.8 Å². The highest BCUT2D eigenvalue weighted by Crippen LogP contribution is 2.28. The van der Waals surface area contributed by atoms with Crippen LogP contribution in [0, 0.1) is 0 Å². The van der Waals surface area contributed by atoms with Gasteiger partial charge in [-0.3, -0.25) is 9.52 Å². The van der Waals surface area contributed by atoms with Gasteiger partial charge in [0.1, 0.15) is 10.6 Å². The predicted octanol–water partition coefficient (Wildman–Crippen LogP) is 1.95.